The van der Waals surface area contributed by atoms with Gasteiger partial charge in [0, 0.05) is 20.9 Å². The van der Waals surface area contributed by atoms with Crippen LogP contribution < -0.4 is 0 Å². The van der Waals surface area contributed by atoms with Crippen LogP contribution in [0.3, 0.4) is 0 Å². The van der Waals surface area contributed by atoms with Gasteiger partial charge in [-0.05, 0) is 49.1 Å². The smallest absolute Gasteiger partial charge is 0.150 e. The molecule has 0 unspecified atom stereocenters. The van der Waals surface area contributed by atoms with Crippen LogP contribution in [0, 0.1) is 5.82 Å². The van der Waals surface area contributed by atoms with E-state index in [2.05, 4.69) is 6.07 Å². The SMILES string of the molecule is O=Cc1cc(F)ccc1-c1ccc(C2CC2)s1. The van der Waals surface area contributed by atoms with Crippen LogP contribution in [0.25, 0.3) is 10.4 Å². The highest BCUT2D eigenvalue weighted by molar-refractivity contribution is 7.15. The minimum Gasteiger partial charge on any atom is -0.298 e. The topological polar surface area (TPSA) is 17.1 Å². The number of halogens is 1. The van der Waals surface area contributed by atoms with Crippen LogP contribution in [0.2, 0.25) is 0 Å². The lowest BCUT2D eigenvalue weighted by Gasteiger charge is -2.01. The Morgan fingerprint density at radius 3 is 2.76 bits per heavy atom. The largest absolute Gasteiger partial charge is 0.298 e. The van der Waals surface area contributed by atoms with Crippen molar-refractivity contribution < 1.29 is 9.18 Å². The Labute approximate surface area is 103 Å². The van der Waals surface area contributed by atoms with Crippen LogP contribution in [0.15, 0.2) is 30.3 Å². The summed E-state index contributed by atoms with van der Waals surface area (Å²) in [7, 11) is 0. The van der Waals surface area contributed by atoms with E-state index in [0.717, 1.165) is 16.7 Å². The molecule has 0 radical (unpaired) electrons. The second-order valence-corrected chi connectivity index (χ2v) is 5.44. The Kier molecular flexibility index (Phi) is 2.56. The second-order valence-electron chi connectivity index (χ2n) is 4.33. The zero-order valence-electron chi connectivity index (χ0n) is 9.15. The van der Waals surface area contributed by atoms with Crippen molar-refractivity contribution in [3.8, 4) is 10.4 Å². The van der Waals surface area contributed by atoms with Crippen molar-refractivity contribution in [2.75, 3.05) is 0 Å². The van der Waals surface area contributed by atoms with Gasteiger partial charge in [0.05, 0.1) is 0 Å². The van der Waals surface area contributed by atoms with Crippen LogP contribution in [0.1, 0.15) is 34.0 Å². The normalized spacial score (nSPS) is 14.9. The fourth-order valence-electron chi connectivity index (χ4n) is 1.94. The van der Waals surface area contributed by atoms with Gasteiger partial charge in [-0.1, -0.05) is 0 Å². The van der Waals surface area contributed by atoms with Crippen molar-refractivity contribution in [1.82, 2.24) is 0 Å². The summed E-state index contributed by atoms with van der Waals surface area (Å²) in [4.78, 5) is 13.4. The van der Waals surface area contributed by atoms with Crippen molar-refractivity contribution in [2.24, 2.45) is 0 Å². The Morgan fingerprint density at radius 1 is 1.24 bits per heavy atom. The van der Waals surface area contributed by atoms with E-state index in [1.165, 1.54) is 29.9 Å². The molecule has 3 rings (SSSR count). The number of carbonyl (C=O) groups excluding carboxylic acids is 1. The summed E-state index contributed by atoms with van der Waals surface area (Å²) in [6.45, 7) is 0. The second kappa shape index (κ2) is 4.08. The summed E-state index contributed by atoms with van der Waals surface area (Å²) in [6, 6.07) is 8.52. The Morgan fingerprint density at radius 2 is 2.06 bits per heavy atom. The van der Waals surface area contributed by atoms with Crippen LogP contribution in [0.4, 0.5) is 4.39 Å². The Balaban J connectivity index is 2.03. The van der Waals surface area contributed by atoms with Crippen molar-refractivity contribution >= 4 is 17.6 Å². The van der Waals surface area contributed by atoms with Gasteiger partial charge in [0.1, 0.15) is 5.82 Å². The van der Waals surface area contributed by atoms with E-state index in [4.69, 9.17) is 0 Å². The van der Waals surface area contributed by atoms with E-state index in [1.807, 2.05) is 6.07 Å². The first-order valence-electron chi connectivity index (χ1n) is 5.63. The number of thiophene rings is 1. The highest BCUT2D eigenvalue weighted by atomic mass is 32.1. The molecule has 0 atom stereocenters. The third-order valence-corrected chi connectivity index (χ3v) is 4.29. The molecule has 1 aromatic carbocycles. The molecule has 3 heteroatoms. The van der Waals surface area contributed by atoms with E-state index in [-0.39, 0.29) is 5.82 Å². The molecule has 0 N–H and O–H groups in total. The first kappa shape index (κ1) is 10.7. The average molecular weight is 246 g/mol. The van der Waals surface area contributed by atoms with Gasteiger partial charge in [0.25, 0.3) is 0 Å². The highest BCUT2D eigenvalue weighted by Crippen LogP contribution is 2.45. The van der Waals surface area contributed by atoms with Gasteiger partial charge in [-0.3, -0.25) is 4.79 Å². The lowest BCUT2D eigenvalue weighted by molar-refractivity contribution is 0.112. The predicted molar refractivity (Wildman–Crippen MR) is 67.1 cm³/mol. The molecule has 1 aromatic heterocycles. The van der Waals surface area contributed by atoms with Gasteiger partial charge < -0.3 is 0 Å². The van der Waals surface area contributed by atoms with E-state index in [1.54, 1.807) is 17.4 Å². The molecule has 86 valence electrons. The summed E-state index contributed by atoms with van der Waals surface area (Å²) in [5, 5.41) is 0. The molecule has 17 heavy (non-hydrogen) atoms. The van der Waals surface area contributed by atoms with E-state index >= 15 is 0 Å². The van der Waals surface area contributed by atoms with Gasteiger partial charge in [-0.15, -0.1) is 11.3 Å². The monoisotopic (exact) mass is 246 g/mol. The van der Waals surface area contributed by atoms with Gasteiger partial charge >= 0.3 is 0 Å². The summed E-state index contributed by atoms with van der Waals surface area (Å²) < 4.78 is 13.0. The molecule has 0 amide bonds. The van der Waals surface area contributed by atoms with Crippen molar-refractivity contribution in [3.63, 3.8) is 0 Å². The maximum absolute atomic E-state index is 13.0. The maximum Gasteiger partial charge on any atom is 0.150 e. The summed E-state index contributed by atoms with van der Waals surface area (Å²) in [6.07, 6.45) is 3.25. The highest BCUT2D eigenvalue weighted by Gasteiger charge is 2.25. The molecule has 1 aliphatic rings. The molecule has 1 fully saturated rings. The maximum atomic E-state index is 13.0. The fourth-order valence-corrected chi connectivity index (χ4v) is 3.16. The molecule has 1 aliphatic carbocycles. The molecule has 2 aromatic rings. The summed E-state index contributed by atoms with van der Waals surface area (Å²) in [5.74, 6) is 0.351. The molecule has 0 spiro atoms. The third kappa shape index (κ3) is 2.03. The summed E-state index contributed by atoms with van der Waals surface area (Å²) >= 11 is 1.71. The van der Waals surface area contributed by atoms with Crippen LogP contribution in [-0.2, 0) is 0 Å². The molecule has 0 bridgehead atoms. The molecule has 1 nitrogen and oxygen atoms in total. The molecular formula is C14H11FOS. The minimum absolute atomic E-state index is 0.366. The van der Waals surface area contributed by atoms with Gasteiger partial charge in [-0.2, -0.15) is 0 Å². The average Bonchev–Trinajstić information content (AvgIpc) is 3.08. The van der Waals surface area contributed by atoms with Crippen molar-refractivity contribution in [3.05, 3.63) is 46.6 Å². The van der Waals surface area contributed by atoms with Crippen LogP contribution in [0.5, 0.6) is 0 Å². The number of aldehydes is 1. The minimum atomic E-state index is -0.366. The molecule has 0 saturated heterocycles. The van der Waals surface area contributed by atoms with Crippen molar-refractivity contribution in [2.45, 2.75) is 18.8 Å². The third-order valence-electron chi connectivity index (χ3n) is 3.01. The summed E-state index contributed by atoms with van der Waals surface area (Å²) in [5.41, 5.74) is 1.26. The first-order chi connectivity index (χ1) is 8.28. The standard InChI is InChI=1S/C14H11FOS/c15-11-3-4-12(10(7-11)8-16)14-6-5-13(17-14)9-1-2-9/h3-9H,1-2H2. The zero-order valence-corrected chi connectivity index (χ0v) is 9.97. The van der Waals surface area contributed by atoms with Crippen LogP contribution in [-0.4, -0.2) is 6.29 Å². The fraction of sp³-hybridized carbons (Fsp3) is 0.214. The van der Waals surface area contributed by atoms with Gasteiger partial charge in [0.2, 0.25) is 0 Å². The van der Waals surface area contributed by atoms with Gasteiger partial charge in [0.15, 0.2) is 6.29 Å². The predicted octanol–water partition coefficient (Wildman–Crippen LogP) is 4.24. The quantitative estimate of drug-likeness (QED) is 0.740. The molecule has 0 aliphatic heterocycles. The number of benzene rings is 1. The molecule has 1 saturated carbocycles. The number of hydrogen-bond acceptors (Lipinski definition) is 2. The zero-order chi connectivity index (χ0) is 11.8. The lowest BCUT2D eigenvalue weighted by atomic mass is 10.1. The van der Waals surface area contributed by atoms with E-state index in [9.17, 15) is 9.18 Å². The lowest BCUT2D eigenvalue weighted by Crippen LogP contribution is -1.87. The first-order valence-corrected chi connectivity index (χ1v) is 6.44. The van der Waals surface area contributed by atoms with Crippen LogP contribution >= 0.6 is 11.3 Å². The van der Waals surface area contributed by atoms with Crippen molar-refractivity contribution in [1.29, 1.82) is 0 Å². The number of hydrogen-bond donors (Lipinski definition) is 0. The van der Waals surface area contributed by atoms with Gasteiger partial charge in [-0.25, -0.2) is 4.39 Å². The Bertz CT molecular complexity index is 569. The molecular weight excluding hydrogens is 235 g/mol. The molecule has 1 heterocycles. The number of rotatable bonds is 3. The van der Waals surface area contributed by atoms with E-state index in [0.29, 0.717) is 11.5 Å². The number of carbonyl (C=O) groups is 1. The van der Waals surface area contributed by atoms with E-state index < -0.39 is 0 Å². The Hall–Kier alpha value is -1.48.